The number of carbonyl (C=O) groups excluding carboxylic acids is 1. The predicted octanol–water partition coefficient (Wildman–Crippen LogP) is 3.15. The molecule has 1 aromatic heterocycles. The highest BCUT2D eigenvalue weighted by molar-refractivity contribution is 6.07. The highest BCUT2D eigenvalue weighted by Crippen LogP contribution is 2.25. The van der Waals surface area contributed by atoms with Gasteiger partial charge in [-0.2, -0.15) is 0 Å². The van der Waals surface area contributed by atoms with Crippen molar-refractivity contribution in [2.45, 2.75) is 20.3 Å². The molecule has 0 aliphatic carbocycles. The molecular formula is C17H21N3O. The van der Waals surface area contributed by atoms with Crippen LogP contribution < -0.4 is 5.32 Å². The van der Waals surface area contributed by atoms with E-state index in [0.717, 1.165) is 48.3 Å². The van der Waals surface area contributed by atoms with Crippen molar-refractivity contribution in [2.24, 2.45) is 5.92 Å². The summed E-state index contributed by atoms with van der Waals surface area (Å²) in [6.45, 7) is 6.72. The highest BCUT2D eigenvalue weighted by Gasteiger charge is 2.25. The number of para-hydroxylation sites is 1. The van der Waals surface area contributed by atoms with Crippen LogP contribution in [0.1, 0.15) is 30.6 Å². The molecule has 1 saturated heterocycles. The topological polar surface area (TPSA) is 45.2 Å². The Morgan fingerprint density at radius 1 is 1.43 bits per heavy atom. The first-order valence-electron chi connectivity index (χ1n) is 7.62. The number of pyridine rings is 1. The normalized spacial score (nSPS) is 18.2. The Bertz CT molecular complexity index is 668. The number of likely N-dealkylation sites (tertiary alicyclic amines) is 1. The fraction of sp³-hybridized carbons (Fsp3) is 0.412. The van der Waals surface area contributed by atoms with Gasteiger partial charge in [-0.25, -0.2) is 4.98 Å². The number of amides is 1. The largest absolute Gasteiger partial charge is 0.370 e. The van der Waals surface area contributed by atoms with Gasteiger partial charge >= 0.3 is 0 Å². The van der Waals surface area contributed by atoms with Gasteiger partial charge in [0.1, 0.15) is 5.82 Å². The third kappa shape index (κ3) is 2.71. The zero-order valence-electron chi connectivity index (χ0n) is 12.6. The van der Waals surface area contributed by atoms with E-state index in [0.29, 0.717) is 5.92 Å². The summed E-state index contributed by atoms with van der Waals surface area (Å²) < 4.78 is 0. The summed E-state index contributed by atoms with van der Waals surface area (Å²) >= 11 is 0. The second-order valence-electron chi connectivity index (χ2n) is 5.75. The van der Waals surface area contributed by atoms with Crippen molar-refractivity contribution in [3.05, 3.63) is 35.9 Å². The Morgan fingerprint density at radius 3 is 2.95 bits per heavy atom. The average Bonchev–Trinajstić information content (AvgIpc) is 2.92. The summed E-state index contributed by atoms with van der Waals surface area (Å²) in [6, 6.07) is 9.74. The van der Waals surface area contributed by atoms with Gasteiger partial charge in [0.05, 0.1) is 11.1 Å². The molecular weight excluding hydrogens is 262 g/mol. The molecule has 110 valence electrons. The van der Waals surface area contributed by atoms with Crippen LogP contribution in [0, 0.1) is 5.92 Å². The van der Waals surface area contributed by atoms with Crippen molar-refractivity contribution < 1.29 is 4.79 Å². The van der Waals surface area contributed by atoms with Crippen LogP contribution in [-0.2, 0) is 0 Å². The van der Waals surface area contributed by atoms with E-state index in [1.54, 1.807) is 0 Å². The molecule has 1 aromatic carbocycles. The van der Waals surface area contributed by atoms with Crippen LogP contribution in [0.3, 0.4) is 0 Å². The van der Waals surface area contributed by atoms with Gasteiger partial charge in [-0.05, 0) is 31.4 Å². The van der Waals surface area contributed by atoms with Crippen molar-refractivity contribution in [1.29, 1.82) is 0 Å². The summed E-state index contributed by atoms with van der Waals surface area (Å²) in [6.07, 6.45) is 1.09. The Labute approximate surface area is 125 Å². The van der Waals surface area contributed by atoms with Crippen molar-refractivity contribution in [2.75, 3.05) is 25.0 Å². The smallest absolute Gasteiger partial charge is 0.254 e. The van der Waals surface area contributed by atoms with Gasteiger partial charge in [0.2, 0.25) is 0 Å². The van der Waals surface area contributed by atoms with Crippen LogP contribution in [-0.4, -0.2) is 35.4 Å². The zero-order valence-corrected chi connectivity index (χ0v) is 12.6. The molecule has 4 nitrogen and oxygen atoms in total. The lowest BCUT2D eigenvalue weighted by Gasteiger charge is -2.18. The fourth-order valence-corrected chi connectivity index (χ4v) is 2.91. The van der Waals surface area contributed by atoms with E-state index in [4.69, 9.17) is 0 Å². The van der Waals surface area contributed by atoms with Gasteiger partial charge in [-0.1, -0.05) is 25.1 Å². The lowest BCUT2D eigenvalue weighted by Crippen LogP contribution is -2.28. The van der Waals surface area contributed by atoms with Crippen LogP contribution in [0.2, 0.25) is 0 Å². The molecule has 1 fully saturated rings. The minimum Gasteiger partial charge on any atom is -0.370 e. The van der Waals surface area contributed by atoms with E-state index in [-0.39, 0.29) is 5.91 Å². The molecule has 0 bridgehead atoms. The van der Waals surface area contributed by atoms with Crippen molar-refractivity contribution in [3.63, 3.8) is 0 Å². The number of nitrogens with one attached hydrogen (secondary N) is 1. The number of anilines is 1. The maximum Gasteiger partial charge on any atom is 0.254 e. The van der Waals surface area contributed by atoms with Crippen molar-refractivity contribution in [1.82, 2.24) is 9.88 Å². The van der Waals surface area contributed by atoms with Gasteiger partial charge in [0, 0.05) is 25.0 Å². The second-order valence-corrected chi connectivity index (χ2v) is 5.75. The quantitative estimate of drug-likeness (QED) is 0.941. The van der Waals surface area contributed by atoms with E-state index < -0.39 is 0 Å². The van der Waals surface area contributed by atoms with Gasteiger partial charge in [-0.3, -0.25) is 4.79 Å². The average molecular weight is 283 g/mol. The number of carbonyl (C=O) groups is 1. The lowest BCUT2D eigenvalue weighted by molar-refractivity contribution is 0.0790. The molecule has 0 saturated carbocycles. The Hall–Kier alpha value is -2.10. The third-order valence-corrected chi connectivity index (χ3v) is 4.02. The van der Waals surface area contributed by atoms with Crippen LogP contribution >= 0.6 is 0 Å². The number of hydrogen-bond donors (Lipinski definition) is 1. The summed E-state index contributed by atoms with van der Waals surface area (Å²) in [5.41, 5.74) is 1.62. The van der Waals surface area contributed by atoms with Gasteiger partial charge < -0.3 is 10.2 Å². The monoisotopic (exact) mass is 283 g/mol. The van der Waals surface area contributed by atoms with Crippen molar-refractivity contribution in [3.8, 4) is 0 Å². The summed E-state index contributed by atoms with van der Waals surface area (Å²) in [5.74, 6) is 1.49. The number of rotatable bonds is 3. The van der Waals surface area contributed by atoms with Gasteiger partial charge in [0.25, 0.3) is 5.91 Å². The molecule has 0 spiro atoms. The summed E-state index contributed by atoms with van der Waals surface area (Å²) in [7, 11) is 0. The molecule has 0 radical (unpaired) electrons. The van der Waals surface area contributed by atoms with Crippen LogP contribution in [0.5, 0.6) is 0 Å². The molecule has 1 N–H and O–H groups in total. The Morgan fingerprint density at radius 2 is 2.24 bits per heavy atom. The summed E-state index contributed by atoms with van der Waals surface area (Å²) in [4.78, 5) is 19.4. The molecule has 1 unspecified atom stereocenters. The minimum absolute atomic E-state index is 0.122. The highest BCUT2D eigenvalue weighted by atomic mass is 16.2. The van der Waals surface area contributed by atoms with E-state index in [9.17, 15) is 4.79 Å². The third-order valence-electron chi connectivity index (χ3n) is 4.02. The molecule has 1 aliphatic heterocycles. The standard InChI is InChI=1S/C17H21N3O/c1-3-18-16-10-14(13-6-4-5-7-15(13)19-16)17(21)20-9-8-12(2)11-20/h4-7,10,12H,3,8-9,11H2,1-2H3,(H,18,19). The first-order valence-corrected chi connectivity index (χ1v) is 7.62. The number of hydrogen-bond acceptors (Lipinski definition) is 3. The molecule has 1 amide bonds. The van der Waals surface area contributed by atoms with Gasteiger partial charge in [-0.15, -0.1) is 0 Å². The predicted molar refractivity (Wildman–Crippen MR) is 85.6 cm³/mol. The number of fused-ring (bicyclic) bond motifs is 1. The number of benzene rings is 1. The van der Waals surface area contributed by atoms with Crippen molar-refractivity contribution >= 4 is 22.6 Å². The maximum atomic E-state index is 12.8. The van der Waals surface area contributed by atoms with Crippen LogP contribution in [0.4, 0.5) is 5.82 Å². The van der Waals surface area contributed by atoms with Crippen LogP contribution in [0.15, 0.2) is 30.3 Å². The molecule has 2 heterocycles. The number of nitrogens with zero attached hydrogens (tertiary/aromatic N) is 2. The van der Waals surface area contributed by atoms with E-state index in [2.05, 4.69) is 17.2 Å². The Balaban J connectivity index is 2.05. The minimum atomic E-state index is 0.122. The van der Waals surface area contributed by atoms with Gasteiger partial charge in [0.15, 0.2) is 0 Å². The molecule has 2 aromatic rings. The first kappa shape index (κ1) is 13.9. The second kappa shape index (κ2) is 5.72. The van der Waals surface area contributed by atoms with E-state index in [1.807, 2.05) is 42.2 Å². The SMILES string of the molecule is CCNc1cc(C(=O)N2CCC(C)C2)c2ccccc2n1. The molecule has 3 rings (SSSR count). The lowest BCUT2D eigenvalue weighted by atomic mass is 10.1. The molecule has 4 heteroatoms. The molecule has 1 atom stereocenters. The molecule has 21 heavy (non-hydrogen) atoms. The zero-order chi connectivity index (χ0) is 14.8. The Kier molecular flexibility index (Phi) is 3.78. The molecule has 1 aliphatic rings. The number of aromatic nitrogens is 1. The van der Waals surface area contributed by atoms with Crippen LogP contribution in [0.25, 0.3) is 10.9 Å². The fourth-order valence-electron chi connectivity index (χ4n) is 2.91. The van der Waals surface area contributed by atoms with E-state index >= 15 is 0 Å². The summed E-state index contributed by atoms with van der Waals surface area (Å²) in [5, 5.41) is 4.15. The first-order chi connectivity index (χ1) is 10.2. The van der Waals surface area contributed by atoms with E-state index in [1.165, 1.54) is 0 Å². The maximum absolute atomic E-state index is 12.8.